The number of hydrogen-bond donors (Lipinski definition) is 1. The standard InChI is InChI=1S/C22H27ClN2O3.ClH/c1-24(2)11-4-12-25-20-10-7-17(23)13-16(20)14-19(21(26)22(25)27)15-5-8-18(28-3)9-6-15;/h5-10,13,19,21,26H,4,11-12,14H2,1-3H3;1H/t19-,21+;/m1./s1. The van der Waals surface area contributed by atoms with Gasteiger partial charge in [0.25, 0.3) is 5.91 Å². The Kier molecular flexibility index (Phi) is 8.34. The summed E-state index contributed by atoms with van der Waals surface area (Å²) in [6, 6.07) is 13.1. The quantitative estimate of drug-likeness (QED) is 0.745. The molecule has 0 unspecified atom stereocenters. The molecule has 2 aromatic rings. The van der Waals surface area contributed by atoms with Crippen molar-refractivity contribution in [2.75, 3.05) is 39.2 Å². The van der Waals surface area contributed by atoms with E-state index in [1.165, 1.54) is 0 Å². The minimum Gasteiger partial charge on any atom is -0.497 e. The molecule has 2 atom stereocenters. The molecule has 1 N–H and O–H groups in total. The molecule has 1 aliphatic heterocycles. The summed E-state index contributed by atoms with van der Waals surface area (Å²) in [5, 5.41) is 11.6. The fourth-order valence-electron chi connectivity index (χ4n) is 3.71. The van der Waals surface area contributed by atoms with Crippen LogP contribution in [0.4, 0.5) is 5.69 Å². The number of amides is 1. The highest BCUT2D eigenvalue weighted by molar-refractivity contribution is 6.30. The predicted octanol–water partition coefficient (Wildman–Crippen LogP) is 3.76. The first-order valence-corrected chi connectivity index (χ1v) is 9.85. The molecule has 0 spiro atoms. The zero-order chi connectivity index (χ0) is 20.3. The van der Waals surface area contributed by atoms with E-state index in [0.717, 1.165) is 35.5 Å². The number of halogens is 2. The Morgan fingerprint density at radius 3 is 2.52 bits per heavy atom. The Bertz CT molecular complexity index is 827. The second kappa shape index (κ2) is 10.3. The van der Waals surface area contributed by atoms with E-state index in [1.807, 2.05) is 50.5 Å². The molecular formula is C22H28Cl2N2O3. The molecule has 0 aliphatic carbocycles. The van der Waals surface area contributed by atoms with Crippen LogP contribution in [0.3, 0.4) is 0 Å². The number of anilines is 1. The Morgan fingerprint density at radius 1 is 1.21 bits per heavy atom. The highest BCUT2D eigenvalue weighted by Crippen LogP contribution is 2.36. The average Bonchev–Trinajstić information content (AvgIpc) is 2.78. The number of fused-ring (bicyclic) bond motifs is 1. The molecule has 0 saturated heterocycles. The minimum atomic E-state index is -1.11. The van der Waals surface area contributed by atoms with Crippen molar-refractivity contribution >= 4 is 35.6 Å². The van der Waals surface area contributed by atoms with Gasteiger partial charge in [0.15, 0.2) is 0 Å². The first-order valence-electron chi connectivity index (χ1n) is 9.47. The Labute approximate surface area is 183 Å². The van der Waals surface area contributed by atoms with Gasteiger partial charge in [-0.1, -0.05) is 23.7 Å². The molecule has 0 aromatic heterocycles. The summed E-state index contributed by atoms with van der Waals surface area (Å²) in [6.07, 6.45) is 0.249. The minimum absolute atomic E-state index is 0. The van der Waals surface area contributed by atoms with Crippen LogP contribution in [0.15, 0.2) is 42.5 Å². The number of rotatable bonds is 6. The number of aliphatic hydroxyl groups is 1. The topological polar surface area (TPSA) is 53.0 Å². The lowest BCUT2D eigenvalue weighted by Crippen LogP contribution is -2.42. The van der Waals surface area contributed by atoms with Gasteiger partial charge in [-0.15, -0.1) is 12.4 Å². The third-order valence-corrected chi connectivity index (χ3v) is 5.44. The molecule has 2 aromatic carbocycles. The lowest BCUT2D eigenvalue weighted by Gasteiger charge is -2.26. The van der Waals surface area contributed by atoms with Crippen molar-refractivity contribution in [3.05, 3.63) is 58.6 Å². The number of methoxy groups -OCH3 is 1. The number of aliphatic hydroxyl groups excluding tert-OH is 1. The zero-order valence-corrected chi connectivity index (χ0v) is 18.5. The van der Waals surface area contributed by atoms with Crippen molar-refractivity contribution in [3.63, 3.8) is 0 Å². The second-order valence-electron chi connectivity index (χ2n) is 7.45. The van der Waals surface area contributed by atoms with Crippen LogP contribution in [0.1, 0.15) is 23.5 Å². The van der Waals surface area contributed by atoms with E-state index >= 15 is 0 Å². The molecule has 158 valence electrons. The van der Waals surface area contributed by atoms with Crippen LogP contribution in [0.5, 0.6) is 5.75 Å². The summed E-state index contributed by atoms with van der Waals surface area (Å²) in [4.78, 5) is 17.0. The molecule has 1 heterocycles. The molecule has 7 heteroatoms. The van der Waals surface area contributed by atoms with Crippen LogP contribution >= 0.6 is 24.0 Å². The Morgan fingerprint density at radius 2 is 1.90 bits per heavy atom. The van der Waals surface area contributed by atoms with Gasteiger partial charge in [-0.3, -0.25) is 4.79 Å². The third kappa shape index (κ3) is 5.43. The van der Waals surface area contributed by atoms with Gasteiger partial charge in [0.2, 0.25) is 0 Å². The second-order valence-corrected chi connectivity index (χ2v) is 7.88. The predicted molar refractivity (Wildman–Crippen MR) is 120 cm³/mol. The number of benzene rings is 2. The van der Waals surface area contributed by atoms with E-state index in [9.17, 15) is 9.90 Å². The first kappa shape index (κ1) is 23.5. The normalized spacial score (nSPS) is 18.8. The lowest BCUT2D eigenvalue weighted by molar-refractivity contribution is -0.127. The summed E-state index contributed by atoms with van der Waals surface area (Å²) >= 11 is 6.24. The van der Waals surface area contributed by atoms with Gasteiger partial charge in [-0.2, -0.15) is 0 Å². The van der Waals surface area contributed by atoms with Crippen LogP contribution in [0.2, 0.25) is 5.02 Å². The van der Waals surface area contributed by atoms with Gasteiger partial charge < -0.3 is 19.6 Å². The average molecular weight is 439 g/mol. The van der Waals surface area contributed by atoms with E-state index in [-0.39, 0.29) is 24.2 Å². The molecule has 5 nitrogen and oxygen atoms in total. The largest absolute Gasteiger partial charge is 0.497 e. The van der Waals surface area contributed by atoms with Crippen LogP contribution in [0.25, 0.3) is 0 Å². The van der Waals surface area contributed by atoms with Crippen molar-refractivity contribution in [1.82, 2.24) is 4.90 Å². The smallest absolute Gasteiger partial charge is 0.256 e. The molecule has 3 rings (SSSR count). The molecule has 0 bridgehead atoms. The first-order chi connectivity index (χ1) is 13.4. The van der Waals surface area contributed by atoms with Crippen LogP contribution < -0.4 is 9.64 Å². The maximum absolute atomic E-state index is 13.2. The zero-order valence-electron chi connectivity index (χ0n) is 17.0. The molecule has 0 fully saturated rings. The molecular weight excluding hydrogens is 411 g/mol. The summed E-state index contributed by atoms with van der Waals surface area (Å²) < 4.78 is 5.22. The van der Waals surface area contributed by atoms with E-state index in [0.29, 0.717) is 18.0 Å². The Balaban J connectivity index is 0.00000300. The fraction of sp³-hybridized carbons (Fsp3) is 0.409. The van der Waals surface area contributed by atoms with Gasteiger partial charge >= 0.3 is 0 Å². The van der Waals surface area contributed by atoms with Gasteiger partial charge in [-0.25, -0.2) is 0 Å². The van der Waals surface area contributed by atoms with Crippen molar-refractivity contribution < 1.29 is 14.6 Å². The van der Waals surface area contributed by atoms with Crippen molar-refractivity contribution in [3.8, 4) is 5.75 Å². The SMILES string of the molecule is COc1ccc([C@H]2Cc3cc(Cl)ccc3N(CCCN(C)C)C(=O)[C@H]2O)cc1.Cl. The summed E-state index contributed by atoms with van der Waals surface area (Å²) in [6.45, 7) is 1.42. The molecule has 29 heavy (non-hydrogen) atoms. The number of nitrogens with zero attached hydrogens (tertiary/aromatic N) is 2. The van der Waals surface area contributed by atoms with Crippen molar-refractivity contribution in [1.29, 1.82) is 0 Å². The number of carbonyl (C=O) groups is 1. The van der Waals surface area contributed by atoms with Crippen molar-refractivity contribution in [2.24, 2.45) is 0 Å². The fourth-order valence-corrected chi connectivity index (χ4v) is 3.90. The van der Waals surface area contributed by atoms with Gasteiger partial charge in [0.1, 0.15) is 11.9 Å². The van der Waals surface area contributed by atoms with E-state index < -0.39 is 6.10 Å². The summed E-state index contributed by atoms with van der Waals surface area (Å²) in [7, 11) is 5.63. The van der Waals surface area contributed by atoms with Crippen LogP contribution in [-0.2, 0) is 11.2 Å². The Hall–Kier alpha value is -1.79. The third-order valence-electron chi connectivity index (χ3n) is 5.20. The molecule has 1 aliphatic rings. The monoisotopic (exact) mass is 438 g/mol. The van der Waals surface area contributed by atoms with Gasteiger partial charge in [-0.05, 0) is 74.9 Å². The number of ether oxygens (including phenoxy) is 1. The number of carbonyl (C=O) groups excluding carboxylic acids is 1. The van der Waals surface area contributed by atoms with Gasteiger partial charge in [0.05, 0.1) is 7.11 Å². The maximum atomic E-state index is 13.2. The number of hydrogen-bond acceptors (Lipinski definition) is 4. The van der Waals surface area contributed by atoms with E-state index in [2.05, 4.69) is 4.90 Å². The molecule has 0 radical (unpaired) electrons. The van der Waals surface area contributed by atoms with Crippen LogP contribution in [0, 0.1) is 0 Å². The molecule has 1 amide bonds. The maximum Gasteiger partial charge on any atom is 0.256 e. The van der Waals surface area contributed by atoms with Crippen LogP contribution in [-0.4, -0.2) is 56.3 Å². The highest BCUT2D eigenvalue weighted by Gasteiger charge is 2.36. The van der Waals surface area contributed by atoms with E-state index in [4.69, 9.17) is 16.3 Å². The van der Waals surface area contributed by atoms with E-state index in [1.54, 1.807) is 18.1 Å². The summed E-state index contributed by atoms with van der Waals surface area (Å²) in [5.41, 5.74) is 2.72. The summed E-state index contributed by atoms with van der Waals surface area (Å²) in [5.74, 6) is 0.141. The molecule has 0 saturated carbocycles. The highest BCUT2D eigenvalue weighted by atomic mass is 35.5. The lowest BCUT2D eigenvalue weighted by atomic mass is 9.88. The van der Waals surface area contributed by atoms with Gasteiger partial charge in [0, 0.05) is 23.2 Å². The van der Waals surface area contributed by atoms with Crippen molar-refractivity contribution in [2.45, 2.75) is 24.9 Å².